The van der Waals surface area contributed by atoms with E-state index in [9.17, 15) is 0 Å². The van der Waals surface area contributed by atoms with Gasteiger partial charge in [-0.05, 0) is 99.5 Å². The van der Waals surface area contributed by atoms with Gasteiger partial charge in [0.1, 0.15) is 0 Å². The molecule has 25 heavy (non-hydrogen) atoms. The predicted octanol–water partition coefficient (Wildman–Crippen LogP) is 6.88. The number of hydrogen-bond acceptors (Lipinski definition) is 1. The molecule has 2 fully saturated rings. The van der Waals surface area contributed by atoms with Crippen molar-refractivity contribution in [1.29, 1.82) is 0 Å². The first kappa shape index (κ1) is 18.7. The first-order valence-electron chi connectivity index (χ1n) is 10.6. The maximum Gasteiger partial charge on any atom is 0.0716 e. The van der Waals surface area contributed by atoms with Crippen LogP contribution in [0.25, 0.3) is 0 Å². The molecule has 0 amide bonds. The second kappa shape index (κ2) is 9.57. The molecule has 0 unspecified atom stereocenters. The number of allylic oxidation sites excluding steroid dienone is 1. The number of hydrogen-bond donors (Lipinski definition) is 0. The van der Waals surface area contributed by atoms with Crippen LogP contribution in [-0.4, -0.2) is 6.61 Å². The van der Waals surface area contributed by atoms with Crippen LogP contribution in [0.1, 0.15) is 81.8 Å². The lowest BCUT2D eigenvalue weighted by atomic mass is 9.68. The zero-order chi connectivity index (χ0) is 17.5. The van der Waals surface area contributed by atoms with Crippen LogP contribution in [0.4, 0.5) is 0 Å². The Hall–Kier alpha value is -1.08. The quantitative estimate of drug-likeness (QED) is 0.492. The average molecular weight is 341 g/mol. The van der Waals surface area contributed by atoms with Gasteiger partial charge in [0.2, 0.25) is 0 Å². The van der Waals surface area contributed by atoms with Crippen LogP contribution in [0.15, 0.2) is 36.9 Å². The third-order valence-electron chi connectivity index (χ3n) is 6.75. The van der Waals surface area contributed by atoms with Crippen molar-refractivity contribution in [3.8, 4) is 0 Å². The number of rotatable bonds is 7. The largest absolute Gasteiger partial charge is 0.377 e. The molecule has 0 aromatic heterocycles. The van der Waals surface area contributed by atoms with Crippen LogP contribution in [0.2, 0.25) is 0 Å². The molecule has 0 heterocycles. The van der Waals surface area contributed by atoms with E-state index < -0.39 is 0 Å². The lowest BCUT2D eigenvalue weighted by molar-refractivity contribution is 0.134. The molecule has 0 N–H and O–H groups in total. The highest BCUT2D eigenvalue weighted by molar-refractivity contribution is 5.25. The molecule has 3 rings (SSSR count). The smallest absolute Gasteiger partial charge is 0.0716 e. The molecule has 2 aliphatic rings. The molecule has 138 valence electrons. The van der Waals surface area contributed by atoms with Crippen LogP contribution in [-0.2, 0) is 11.3 Å². The monoisotopic (exact) mass is 340 g/mol. The minimum atomic E-state index is 0.748. The summed E-state index contributed by atoms with van der Waals surface area (Å²) in [6.45, 7) is 7.51. The van der Waals surface area contributed by atoms with Gasteiger partial charge in [0.15, 0.2) is 0 Å². The van der Waals surface area contributed by atoms with Crippen molar-refractivity contribution in [2.75, 3.05) is 6.61 Å². The zero-order valence-corrected chi connectivity index (χ0v) is 16.1. The van der Waals surface area contributed by atoms with Gasteiger partial charge in [0.05, 0.1) is 6.61 Å². The molecular formula is C24H36O. The Kier molecular flexibility index (Phi) is 7.16. The van der Waals surface area contributed by atoms with E-state index in [0.717, 1.165) is 36.9 Å². The minimum absolute atomic E-state index is 0.748. The van der Waals surface area contributed by atoms with E-state index in [4.69, 9.17) is 4.74 Å². The Morgan fingerprint density at radius 3 is 2.08 bits per heavy atom. The highest BCUT2D eigenvalue weighted by Crippen LogP contribution is 2.44. The Balaban J connectivity index is 1.45. The minimum Gasteiger partial charge on any atom is -0.377 e. The number of ether oxygens (including phenoxy) is 1. The topological polar surface area (TPSA) is 9.23 Å². The number of benzene rings is 1. The van der Waals surface area contributed by atoms with Crippen molar-refractivity contribution < 1.29 is 4.74 Å². The summed E-state index contributed by atoms with van der Waals surface area (Å²) >= 11 is 0. The van der Waals surface area contributed by atoms with Gasteiger partial charge in [-0.1, -0.05) is 30.3 Å². The fourth-order valence-electron chi connectivity index (χ4n) is 5.16. The second-order valence-electron chi connectivity index (χ2n) is 8.30. The Morgan fingerprint density at radius 2 is 1.52 bits per heavy atom. The van der Waals surface area contributed by atoms with E-state index in [1.165, 1.54) is 63.4 Å². The van der Waals surface area contributed by atoms with Gasteiger partial charge >= 0.3 is 0 Å². The van der Waals surface area contributed by atoms with Crippen molar-refractivity contribution in [1.82, 2.24) is 0 Å². The van der Waals surface area contributed by atoms with Crippen LogP contribution in [0.3, 0.4) is 0 Å². The van der Waals surface area contributed by atoms with Crippen molar-refractivity contribution in [3.05, 3.63) is 48.0 Å². The van der Waals surface area contributed by atoms with E-state index in [1.54, 1.807) is 5.56 Å². The van der Waals surface area contributed by atoms with E-state index in [1.807, 2.05) is 0 Å². The van der Waals surface area contributed by atoms with Gasteiger partial charge < -0.3 is 4.74 Å². The third kappa shape index (κ3) is 5.20. The highest BCUT2D eigenvalue weighted by Gasteiger charge is 2.30. The summed E-state index contributed by atoms with van der Waals surface area (Å²) in [5.41, 5.74) is 2.85. The zero-order valence-electron chi connectivity index (χ0n) is 16.1. The summed E-state index contributed by atoms with van der Waals surface area (Å²) in [7, 11) is 0. The fraction of sp³-hybridized carbons (Fsp3) is 0.667. The normalized spacial score (nSPS) is 30.1. The highest BCUT2D eigenvalue weighted by atomic mass is 16.5. The van der Waals surface area contributed by atoms with E-state index in [-0.39, 0.29) is 0 Å². The van der Waals surface area contributed by atoms with E-state index in [2.05, 4.69) is 43.8 Å². The summed E-state index contributed by atoms with van der Waals surface area (Å²) in [4.78, 5) is 0. The van der Waals surface area contributed by atoms with Crippen LogP contribution >= 0.6 is 0 Å². The summed E-state index contributed by atoms with van der Waals surface area (Å²) < 4.78 is 5.50. The summed E-state index contributed by atoms with van der Waals surface area (Å²) in [6.07, 6.45) is 14.9. The van der Waals surface area contributed by atoms with Crippen LogP contribution in [0.5, 0.6) is 0 Å². The van der Waals surface area contributed by atoms with Gasteiger partial charge in [-0.25, -0.2) is 0 Å². The van der Waals surface area contributed by atoms with Gasteiger partial charge in [0.25, 0.3) is 0 Å². The van der Waals surface area contributed by atoms with Crippen LogP contribution < -0.4 is 0 Å². The maximum atomic E-state index is 5.50. The van der Waals surface area contributed by atoms with Gasteiger partial charge in [-0.15, -0.1) is 6.58 Å². The Bertz CT molecular complexity index is 501. The molecule has 0 radical (unpaired) electrons. The molecule has 1 aromatic carbocycles. The molecule has 2 saturated carbocycles. The van der Waals surface area contributed by atoms with Crippen LogP contribution in [0, 0.1) is 17.8 Å². The lowest BCUT2D eigenvalue weighted by Gasteiger charge is -2.38. The Morgan fingerprint density at radius 1 is 0.920 bits per heavy atom. The molecule has 2 aliphatic carbocycles. The molecule has 1 aromatic rings. The summed E-state index contributed by atoms with van der Waals surface area (Å²) in [5.74, 6) is 3.73. The molecular weight excluding hydrogens is 304 g/mol. The van der Waals surface area contributed by atoms with Gasteiger partial charge in [-0.3, -0.25) is 0 Å². The summed E-state index contributed by atoms with van der Waals surface area (Å²) in [6, 6.07) is 9.22. The van der Waals surface area contributed by atoms with E-state index in [0.29, 0.717) is 0 Å². The molecule has 0 atom stereocenters. The predicted molar refractivity (Wildman–Crippen MR) is 107 cm³/mol. The van der Waals surface area contributed by atoms with Crippen molar-refractivity contribution in [2.24, 2.45) is 17.8 Å². The first-order valence-corrected chi connectivity index (χ1v) is 10.6. The molecule has 0 spiro atoms. The van der Waals surface area contributed by atoms with Gasteiger partial charge in [-0.2, -0.15) is 0 Å². The fourth-order valence-corrected chi connectivity index (χ4v) is 5.16. The molecule has 1 heteroatoms. The summed E-state index contributed by atoms with van der Waals surface area (Å²) in [5, 5.41) is 0. The third-order valence-corrected chi connectivity index (χ3v) is 6.75. The van der Waals surface area contributed by atoms with Crippen molar-refractivity contribution in [2.45, 2.75) is 77.2 Å². The molecule has 0 saturated heterocycles. The second-order valence-corrected chi connectivity index (χ2v) is 8.30. The lowest BCUT2D eigenvalue weighted by Crippen LogP contribution is -2.25. The average Bonchev–Trinajstić information content (AvgIpc) is 2.68. The Labute approximate surface area is 154 Å². The maximum absolute atomic E-state index is 5.50. The first-order chi connectivity index (χ1) is 12.3. The standard InChI is InChI=1S/C24H36O/c1-3-5-19-6-10-21(11-7-19)23-14-16-24(17-15-23)22-12-8-20(9-13-22)18-25-4-2/h3,8-9,12-13,19,21,23-24H,1,4-7,10-11,14-18H2,2H3/t19-,21-,23?,24?. The molecule has 0 bridgehead atoms. The van der Waals surface area contributed by atoms with Crippen molar-refractivity contribution >= 4 is 0 Å². The SMILES string of the molecule is C=CC[C@H]1CC[C@H](C2CCC(c3ccc(COCC)cc3)CC2)CC1. The molecule has 1 nitrogen and oxygen atoms in total. The molecule has 0 aliphatic heterocycles. The van der Waals surface area contributed by atoms with Gasteiger partial charge in [0, 0.05) is 6.61 Å². The van der Waals surface area contributed by atoms with E-state index >= 15 is 0 Å². The van der Waals surface area contributed by atoms with Crippen molar-refractivity contribution in [3.63, 3.8) is 0 Å².